The molecule has 28 heavy (non-hydrogen) atoms. The summed E-state index contributed by atoms with van der Waals surface area (Å²) in [7, 11) is 1.68. The summed E-state index contributed by atoms with van der Waals surface area (Å²) in [6.45, 7) is 5.93. The highest BCUT2D eigenvalue weighted by atomic mass is 32.1. The van der Waals surface area contributed by atoms with Crippen molar-refractivity contribution >= 4 is 38.3 Å². The number of aryl methyl sites for hydroxylation is 1. The molecule has 1 aromatic heterocycles. The fraction of sp³-hybridized carbons (Fsp3) is 0.333. The van der Waals surface area contributed by atoms with E-state index in [4.69, 9.17) is 4.74 Å². The number of nitrogens with zero attached hydrogens (tertiary/aromatic N) is 3. The van der Waals surface area contributed by atoms with Crippen LogP contribution in [-0.4, -0.2) is 55.6 Å². The van der Waals surface area contributed by atoms with Crippen LogP contribution in [0.1, 0.15) is 5.56 Å². The average molecular weight is 397 g/mol. The van der Waals surface area contributed by atoms with E-state index in [-0.39, 0.29) is 5.91 Å². The third-order valence-electron chi connectivity index (χ3n) is 4.95. The first-order chi connectivity index (χ1) is 13.6. The Bertz CT molecular complexity index is 979. The van der Waals surface area contributed by atoms with Crippen molar-refractivity contribution in [3.63, 3.8) is 0 Å². The fourth-order valence-electron chi connectivity index (χ4n) is 3.42. The maximum absolute atomic E-state index is 12.4. The Morgan fingerprint density at radius 3 is 2.79 bits per heavy atom. The topological polar surface area (TPSA) is 57.7 Å². The molecule has 1 N–H and O–H groups in total. The van der Waals surface area contributed by atoms with Crippen LogP contribution in [0.15, 0.2) is 42.5 Å². The van der Waals surface area contributed by atoms with E-state index in [0.717, 1.165) is 47.8 Å². The van der Waals surface area contributed by atoms with Crippen molar-refractivity contribution in [1.82, 2.24) is 9.88 Å². The van der Waals surface area contributed by atoms with Gasteiger partial charge in [-0.05, 0) is 36.8 Å². The molecule has 146 valence electrons. The summed E-state index contributed by atoms with van der Waals surface area (Å²) in [4.78, 5) is 21.5. The number of ether oxygens (including phenoxy) is 1. The van der Waals surface area contributed by atoms with E-state index in [1.165, 1.54) is 16.9 Å². The number of anilines is 2. The highest BCUT2D eigenvalue weighted by Crippen LogP contribution is 2.27. The zero-order chi connectivity index (χ0) is 19.5. The Balaban J connectivity index is 1.30. The molecular formula is C21H24N4O2S. The second-order valence-corrected chi connectivity index (χ2v) is 8.03. The molecule has 7 heteroatoms. The van der Waals surface area contributed by atoms with Crippen molar-refractivity contribution in [2.75, 3.05) is 50.1 Å². The first-order valence-corrected chi connectivity index (χ1v) is 10.2. The average Bonchev–Trinajstić information content (AvgIpc) is 3.09. The van der Waals surface area contributed by atoms with E-state index in [2.05, 4.69) is 45.2 Å². The van der Waals surface area contributed by atoms with Crippen LogP contribution < -0.4 is 15.0 Å². The van der Waals surface area contributed by atoms with E-state index in [0.29, 0.717) is 11.7 Å². The zero-order valence-corrected chi connectivity index (χ0v) is 17.0. The number of hydrogen-bond donors (Lipinski definition) is 1. The van der Waals surface area contributed by atoms with Crippen LogP contribution in [0.4, 0.5) is 10.8 Å². The Hall–Kier alpha value is -2.64. The van der Waals surface area contributed by atoms with Crippen molar-refractivity contribution in [3.8, 4) is 5.75 Å². The van der Waals surface area contributed by atoms with Gasteiger partial charge in [0.1, 0.15) is 5.75 Å². The summed E-state index contributed by atoms with van der Waals surface area (Å²) in [5.41, 5.74) is 3.29. The summed E-state index contributed by atoms with van der Waals surface area (Å²) >= 11 is 1.52. The van der Waals surface area contributed by atoms with E-state index in [9.17, 15) is 4.79 Å². The van der Waals surface area contributed by atoms with Gasteiger partial charge in [-0.1, -0.05) is 23.5 Å². The Labute approximate surface area is 168 Å². The summed E-state index contributed by atoms with van der Waals surface area (Å²) < 4.78 is 6.41. The lowest BCUT2D eigenvalue weighted by Crippen LogP contribution is -2.48. The number of amides is 1. The Morgan fingerprint density at radius 1 is 1.18 bits per heavy atom. The lowest BCUT2D eigenvalue weighted by atomic mass is 10.2. The molecular weight excluding hydrogens is 372 g/mol. The number of hydrogen-bond acceptors (Lipinski definition) is 6. The van der Waals surface area contributed by atoms with Gasteiger partial charge in [0, 0.05) is 37.9 Å². The van der Waals surface area contributed by atoms with Crippen LogP contribution in [0, 0.1) is 6.92 Å². The molecule has 0 atom stereocenters. The van der Waals surface area contributed by atoms with E-state index < -0.39 is 0 Å². The molecule has 0 bridgehead atoms. The van der Waals surface area contributed by atoms with Crippen LogP contribution in [0.3, 0.4) is 0 Å². The van der Waals surface area contributed by atoms with Gasteiger partial charge in [0.2, 0.25) is 5.91 Å². The predicted octanol–water partition coefficient (Wildman–Crippen LogP) is 3.37. The lowest BCUT2D eigenvalue weighted by Gasteiger charge is -2.35. The van der Waals surface area contributed by atoms with Gasteiger partial charge in [-0.25, -0.2) is 4.98 Å². The molecule has 1 aliphatic heterocycles. The second kappa shape index (κ2) is 8.16. The number of benzene rings is 2. The Kier molecular flexibility index (Phi) is 5.45. The molecule has 2 aromatic carbocycles. The SMILES string of the molecule is COc1cccc(N2CCN(CC(=O)Nc3nc4ccc(C)cc4s3)CC2)c1. The second-order valence-electron chi connectivity index (χ2n) is 7.00. The van der Waals surface area contributed by atoms with Crippen LogP contribution in [0.25, 0.3) is 10.2 Å². The minimum absolute atomic E-state index is 0.00870. The molecule has 6 nitrogen and oxygen atoms in total. The van der Waals surface area contributed by atoms with Crippen molar-refractivity contribution in [2.24, 2.45) is 0 Å². The van der Waals surface area contributed by atoms with Gasteiger partial charge >= 0.3 is 0 Å². The molecule has 0 unspecified atom stereocenters. The number of carbonyl (C=O) groups excluding carboxylic acids is 1. The van der Waals surface area contributed by atoms with Crippen LogP contribution in [-0.2, 0) is 4.79 Å². The standard InChI is InChI=1S/C21H24N4O2S/c1-15-6-7-18-19(12-15)28-21(22-18)23-20(26)14-24-8-10-25(11-9-24)16-4-3-5-17(13-16)27-2/h3-7,12-13H,8-11,14H2,1-2H3,(H,22,23,26). The molecule has 1 fully saturated rings. The largest absolute Gasteiger partial charge is 0.497 e. The Morgan fingerprint density at radius 2 is 2.00 bits per heavy atom. The van der Waals surface area contributed by atoms with Gasteiger partial charge in [0.15, 0.2) is 5.13 Å². The van der Waals surface area contributed by atoms with Gasteiger partial charge in [-0.15, -0.1) is 0 Å². The van der Waals surface area contributed by atoms with Gasteiger partial charge in [-0.3, -0.25) is 9.69 Å². The molecule has 2 heterocycles. The van der Waals surface area contributed by atoms with Gasteiger partial charge in [0.05, 0.1) is 23.9 Å². The molecule has 0 saturated carbocycles. The molecule has 1 amide bonds. The number of methoxy groups -OCH3 is 1. The summed E-state index contributed by atoms with van der Waals surface area (Å²) in [6.07, 6.45) is 0. The summed E-state index contributed by atoms with van der Waals surface area (Å²) in [6, 6.07) is 14.2. The molecule has 4 rings (SSSR count). The molecule has 1 saturated heterocycles. The van der Waals surface area contributed by atoms with Gasteiger partial charge in [-0.2, -0.15) is 0 Å². The van der Waals surface area contributed by atoms with E-state index in [1.54, 1.807) is 7.11 Å². The maximum Gasteiger partial charge on any atom is 0.240 e. The maximum atomic E-state index is 12.4. The first-order valence-electron chi connectivity index (χ1n) is 9.39. The third-order valence-corrected chi connectivity index (χ3v) is 5.88. The van der Waals surface area contributed by atoms with Crippen molar-refractivity contribution in [3.05, 3.63) is 48.0 Å². The number of carbonyl (C=O) groups is 1. The van der Waals surface area contributed by atoms with Gasteiger partial charge in [0.25, 0.3) is 0 Å². The van der Waals surface area contributed by atoms with Crippen LogP contribution in [0.5, 0.6) is 5.75 Å². The third kappa shape index (κ3) is 4.26. The molecule has 1 aliphatic rings. The van der Waals surface area contributed by atoms with Crippen LogP contribution in [0.2, 0.25) is 0 Å². The number of piperazine rings is 1. The summed E-state index contributed by atoms with van der Waals surface area (Å²) in [5.74, 6) is 0.857. The van der Waals surface area contributed by atoms with Crippen molar-refractivity contribution < 1.29 is 9.53 Å². The smallest absolute Gasteiger partial charge is 0.240 e. The molecule has 0 spiro atoms. The van der Waals surface area contributed by atoms with Crippen molar-refractivity contribution in [2.45, 2.75) is 6.92 Å². The van der Waals surface area contributed by atoms with Gasteiger partial charge < -0.3 is 15.0 Å². The molecule has 0 aliphatic carbocycles. The quantitative estimate of drug-likeness (QED) is 0.717. The van der Waals surface area contributed by atoms with Crippen LogP contribution >= 0.6 is 11.3 Å². The highest BCUT2D eigenvalue weighted by Gasteiger charge is 2.20. The normalized spacial score (nSPS) is 15.0. The zero-order valence-electron chi connectivity index (χ0n) is 16.1. The first kappa shape index (κ1) is 18.7. The van der Waals surface area contributed by atoms with E-state index >= 15 is 0 Å². The molecule has 0 radical (unpaired) electrons. The lowest BCUT2D eigenvalue weighted by molar-refractivity contribution is -0.117. The molecule has 3 aromatic rings. The fourth-order valence-corrected chi connectivity index (χ4v) is 4.40. The number of fused-ring (bicyclic) bond motifs is 1. The minimum Gasteiger partial charge on any atom is -0.497 e. The number of rotatable bonds is 5. The van der Waals surface area contributed by atoms with E-state index in [1.807, 2.05) is 24.3 Å². The monoisotopic (exact) mass is 396 g/mol. The van der Waals surface area contributed by atoms with Crippen molar-refractivity contribution in [1.29, 1.82) is 0 Å². The summed E-state index contributed by atoms with van der Waals surface area (Å²) in [5, 5.41) is 3.62. The predicted molar refractivity (Wildman–Crippen MR) is 115 cm³/mol. The highest BCUT2D eigenvalue weighted by molar-refractivity contribution is 7.22. The minimum atomic E-state index is -0.00870. The number of aromatic nitrogens is 1. The number of nitrogens with one attached hydrogen (secondary N) is 1. The number of thiazole rings is 1.